The van der Waals surface area contributed by atoms with Crippen LogP contribution in [0.15, 0.2) is 16.8 Å². The third kappa shape index (κ3) is 3.81. The Morgan fingerprint density at radius 1 is 1.46 bits per heavy atom. The number of rotatable bonds is 6. The minimum Gasteiger partial charge on any atom is -0.351 e. The minimum atomic E-state index is -0.144. The zero-order valence-corrected chi connectivity index (χ0v) is 14.4. The van der Waals surface area contributed by atoms with Crippen LogP contribution in [0.25, 0.3) is 0 Å². The molecule has 128 valence electrons. The Bertz CT molecular complexity index is 710. The molecule has 0 spiro atoms. The number of hydrogen-bond donors (Lipinski definition) is 2. The summed E-state index contributed by atoms with van der Waals surface area (Å²) in [7, 11) is 0. The van der Waals surface area contributed by atoms with Crippen molar-refractivity contribution in [2.45, 2.75) is 45.2 Å². The van der Waals surface area contributed by atoms with Crippen LogP contribution < -0.4 is 10.6 Å². The fourth-order valence-electron chi connectivity index (χ4n) is 2.74. The molecule has 24 heavy (non-hydrogen) atoms. The standard InChI is InChI=1S/C16H21N5O2S/c1-2-13-19-15-12(4-3-8-21(15)20-13)18-14(22)5-7-17-16(23)11-6-9-24-10-11/h6,9-10,12H,2-5,7-8H2,1H3,(H,17,23)(H,18,22). The first kappa shape index (κ1) is 16.6. The molecule has 0 aliphatic carbocycles. The number of nitrogens with one attached hydrogen (secondary N) is 2. The van der Waals surface area contributed by atoms with E-state index in [1.807, 2.05) is 17.0 Å². The van der Waals surface area contributed by atoms with Crippen LogP contribution in [-0.4, -0.2) is 33.1 Å². The number of thiophene rings is 1. The van der Waals surface area contributed by atoms with E-state index in [4.69, 9.17) is 0 Å². The van der Waals surface area contributed by atoms with E-state index in [-0.39, 0.29) is 24.3 Å². The third-order valence-electron chi connectivity index (χ3n) is 3.99. The van der Waals surface area contributed by atoms with E-state index < -0.39 is 0 Å². The lowest BCUT2D eigenvalue weighted by atomic mass is 10.1. The molecule has 7 nitrogen and oxygen atoms in total. The van der Waals surface area contributed by atoms with Gasteiger partial charge in [0, 0.05) is 36.9 Å². The lowest BCUT2D eigenvalue weighted by Crippen LogP contribution is -2.35. The van der Waals surface area contributed by atoms with E-state index in [9.17, 15) is 9.59 Å². The highest BCUT2D eigenvalue weighted by Crippen LogP contribution is 2.23. The maximum atomic E-state index is 12.1. The molecule has 0 saturated heterocycles. The normalized spacial score (nSPS) is 16.5. The van der Waals surface area contributed by atoms with Gasteiger partial charge in [-0.1, -0.05) is 6.92 Å². The van der Waals surface area contributed by atoms with Gasteiger partial charge in [-0.2, -0.15) is 16.4 Å². The quantitative estimate of drug-likeness (QED) is 0.832. The number of fused-ring (bicyclic) bond motifs is 1. The molecule has 1 atom stereocenters. The summed E-state index contributed by atoms with van der Waals surface area (Å²) in [5.74, 6) is 1.43. The Morgan fingerprint density at radius 2 is 2.33 bits per heavy atom. The van der Waals surface area contributed by atoms with Crippen molar-refractivity contribution in [2.75, 3.05) is 6.54 Å². The Balaban J connectivity index is 1.49. The molecule has 0 radical (unpaired) electrons. The zero-order valence-electron chi connectivity index (χ0n) is 13.6. The molecule has 0 bridgehead atoms. The number of amides is 2. The predicted octanol–water partition coefficient (Wildman–Crippen LogP) is 1.67. The molecule has 0 saturated carbocycles. The summed E-state index contributed by atoms with van der Waals surface area (Å²) in [6, 6.07) is 1.67. The molecular formula is C16H21N5O2S. The number of nitrogens with zero attached hydrogens (tertiary/aromatic N) is 3. The number of carbonyl (C=O) groups excluding carboxylic acids is 2. The van der Waals surface area contributed by atoms with Gasteiger partial charge in [-0.05, 0) is 24.3 Å². The number of carbonyl (C=O) groups is 2. The first-order valence-electron chi connectivity index (χ1n) is 8.20. The first-order chi connectivity index (χ1) is 11.7. The Hall–Kier alpha value is -2.22. The van der Waals surface area contributed by atoms with Gasteiger partial charge >= 0.3 is 0 Å². The average Bonchev–Trinajstić information content (AvgIpc) is 3.24. The molecule has 3 heterocycles. The second-order valence-corrected chi connectivity index (χ2v) is 6.52. The van der Waals surface area contributed by atoms with Crippen LogP contribution in [0.1, 0.15) is 54.2 Å². The minimum absolute atomic E-state index is 0.0832. The fraction of sp³-hybridized carbons (Fsp3) is 0.500. The average molecular weight is 347 g/mol. The monoisotopic (exact) mass is 347 g/mol. The van der Waals surface area contributed by atoms with E-state index in [2.05, 4.69) is 20.7 Å². The summed E-state index contributed by atoms with van der Waals surface area (Å²) >= 11 is 1.47. The smallest absolute Gasteiger partial charge is 0.252 e. The van der Waals surface area contributed by atoms with Crippen molar-refractivity contribution in [1.82, 2.24) is 25.4 Å². The van der Waals surface area contributed by atoms with Gasteiger partial charge in [-0.3, -0.25) is 9.59 Å². The van der Waals surface area contributed by atoms with Crippen LogP contribution in [0.3, 0.4) is 0 Å². The maximum absolute atomic E-state index is 12.1. The van der Waals surface area contributed by atoms with Crippen LogP contribution in [0, 0.1) is 0 Å². The van der Waals surface area contributed by atoms with E-state index in [1.54, 1.807) is 11.4 Å². The van der Waals surface area contributed by atoms with Gasteiger partial charge in [0.15, 0.2) is 5.82 Å². The Labute approximate surface area is 144 Å². The highest BCUT2D eigenvalue weighted by Gasteiger charge is 2.25. The predicted molar refractivity (Wildman–Crippen MR) is 90.8 cm³/mol. The summed E-state index contributed by atoms with van der Waals surface area (Å²) in [5.41, 5.74) is 0.632. The summed E-state index contributed by atoms with van der Waals surface area (Å²) in [4.78, 5) is 28.5. The SMILES string of the molecule is CCc1nc2n(n1)CCCC2NC(=O)CCNC(=O)c1ccsc1. The van der Waals surface area contributed by atoms with Crippen LogP contribution in [0.5, 0.6) is 0 Å². The fourth-order valence-corrected chi connectivity index (χ4v) is 3.37. The maximum Gasteiger partial charge on any atom is 0.252 e. The second-order valence-electron chi connectivity index (χ2n) is 5.74. The highest BCUT2D eigenvalue weighted by molar-refractivity contribution is 7.08. The van der Waals surface area contributed by atoms with Gasteiger partial charge in [0.25, 0.3) is 5.91 Å². The molecule has 3 rings (SSSR count). The summed E-state index contributed by atoms with van der Waals surface area (Å²) < 4.78 is 1.89. The number of aryl methyl sites for hydroxylation is 2. The molecule has 1 aliphatic rings. The van der Waals surface area contributed by atoms with Crippen molar-refractivity contribution < 1.29 is 9.59 Å². The van der Waals surface area contributed by atoms with Gasteiger partial charge < -0.3 is 10.6 Å². The number of aromatic nitrogens is 3. The molecule has 1 aliphatic heterocycles. The van der Waals surface area contributed by atoms with Crippen LogP contribution >= 0.6 is 11.3 Å². The molecule has 2 aromatic rings. The van der Waals surface area contributed by atoms with Crippen molar-refractivity contribution in [3.05, 3.63) is 34.0 Å². The molecule has 8 heteroatoms. The van der Waals surface area contributed by atoms with Crippen molar-refractivity contribution in [2.24, 2.45) is 0 Å². The second kappa shape index (κ2) is 7.57. The lowest BCUT2D eigenvalue weighted by molar-refractivity contribution is -0.121. The molecule has 1 unspecified atom stereocenters. The van der Waals surface area contributed by atoms with Crippen LogP contribution in [-0.2, 0) is 17.8 Å². The third-order valence-corrected chi connectivity index (χ3v) is 4.67. The summed E-state index contributed by atoms with van der Waals surface area (Å²) in [5, 5.41) is 13.8. The van der Waals surface area contributed by atoms with Crippen molar-refractivity contribution in [3.8, 4) is 0 Å². The van der Waals surface area contributed by atoms with E-state index in [0.29, 0.717) is 12.1 Å². The number of hydrogen-bond acceptors (Lipinski definition) is 5. The van der Waals surface area contributed by atoms with Gasteiger partial charge in [0.1, 0.15) is 5.82 Å². The molecule has 2 aromatic heterocycles. The zero-order chi connectivity index (χ0) is 16.9. The molecular weight excluding hydrogens is 326 g/mol. The molecule has 2 N–H and O–H groups in total. The molecule has 2 amide bonds. The topological polar surface area (TPSA) is 88.9 Å². The van der Waals surface area contributed by atoms with Gasteiger partial charge in [0.05, 0.1) is 6.04 Å². The molecule has 0 fully saturated rings. The van der Waals surface area contributed by atoms with E-state index in [0.717, 1.165) is 37.5 Å². The highest BCUT2D eigenvalue weighted by atomic mass is 32.1. The van der Waals surface area contributed by atoms with Crippen LogP contribution in [0.4, 0.5) is 0 Å². The van der Waals surface area contributed by atoms with Crippen molar-refractivity contribution in [3.63, 3.8) is 0 Å². The van der Waals surface area contributed by atoms with E-state index >= 15 is 0 Å². The van der Waals surface area contributed by atoms with Crippen molar-refractivity contribution in [1.29, 1.82) is 0 Å². The summed E-state index contributed by atoms with van der Waals surface area (Å²) in [6.07, 6.45) is 2.88. The summed E-state index contributed by atoms with van der Waals surface area (Å²) in [6.45, 7) is 3.19. The van der Waals surface area contributed by atoms with Gasteiger partial charge in [-0.25, -0.2) is 9.67 Å². The van der Waals surface area contributed by atoms with Crippen LogP contribution in [0.2, 0.25) is 0 Å². The largest absolute Gasteiger partial charge is 0.351 e. The molecule has 0 aromatic carbocycles. The Kier molecular flexibility index (Phi) is 5.24. The Morgan fingerprint density at radius 3 is 3.08 bits per heavy atom. The first-order valence-corrected chi connectivity index (χ1v) is 9.15. The van der Waals surface area contributed by atoms with Crippen molar-refractivity contribution >= 4 is 23.2 Å². The van der Waals surface area contributed by atoms with E-state index in [1.165, 1.54) is 11.3 Å². The van der Waals surface area contributed by atoms with Gasteiger partial charge in [0.2, 0.25) is 5.91 Å². The van der Waals surface area contributed by atoms with Gasteiger partial charge in [-0.15, -0.1) is 0 Å². The lowest BCUT2D eigenvalue weighted by Gasteiger charge is -2.23.